The van der Waals surface area contributed by atoms with E-state index in [1.807, 2.05) is 6.08 Å². The molecule has 0 bridgehead atoms. The van der Waals surface area contributed by atoms with Crippen molar-refractivity contribution in [1.29, 1.82) is 0 Å². The molecule has 7 atom stereocenters. The summed E-state index contributed by atoms with van der Waals surface area (Å²) in [5.74, 6) is -0.175. The molecule has 0 aromatic rings. The molecule has 1 aliphatic rings. The van der Waals surface area contributed by atoms with Gasteiger partial charge in [-0.3, -0.25) is 9.59 Å². The Bertz CT molecular complexity index is 1490. The van der Waals surface area contributed by atoms with Gasteiger partial charge in [0.15, 0.2) is 6.29 Å². The molecular weight excluding hydrogens is 1050 g/mol. The van der Waals surface area contributed by atoms with Crippen molar-refractivity contribution in [3.63, 3.8) is 0 Å². The number of rotatable bonds is 64. The molecule has 1 amide bonds. The predicted octanol–water partition coefficient (Wildman–Crippen LogP) is 18.6. The summed E-state index contributed by atoms with van der Waals surface area (Å²) in [6.45, 7) is 4.34. The van der Waals surface area contributed by atoms with E-state index in [4.69, 9.17) is 14.2 Å². The molecule has 1 saturated heterocycles. The van der Waals surface area contributed by atoms with Gasteiger partial charge in [-0.2, -0.15) is 0 Å². The molecule has 1 aliphatic heterocycles. The fraction of sp³-hybridized carbons (Fsp3) is 0.890. The molecule has 1 rings (SSSR count). The van der Waals surface area contributed by atoms with Gasteiger partial charge in [0.1, 0.15) is 24.4 Å². The predicted molar refractivity (Wildman–Crippen MR) is 352 cm³/mol. The quantitative estimate of drug-likeness (QED) is 0.0195. The third-order valence-corrected chi connectivity index (χ3v) is 17.2. The second-order valence-corrected chi connectivity index (χ2v) is 25.3. The smallest absolute Gasteiger partial charge is 0.305 e. The molecule has 0 aliphatic carbocycles. The van der Waals surface area contributed by atoms with Crippen molar-refractivity contribution in [1.82, 2.24) is 5.32 Å². The van der Waals surface area contributed by atoms with Crippen LogP contribution >= 0.6 is 0 Å². The minimum absolute atomic E-state index is 0.00580. The van der Waals surface area contributed by atoms with Gasteiger partial charge in [-0.15, -0.1) is 0 Å². The van der Waals surface area contributed by atoms with Crippen LogP contribution in [0.25, 0.3) is 0 Å². The summed E-state index contributed by atoms with van der Waals surface area (Å²) >= 11 is 0. The third-order valence-electron chi connectivity index (χ3n) is 17.2. The van der Waals surface area contributed by atoms with Crippen molar-refractivity contribution in [3.05, 3.63) is 36.5 Å². The molecule has 0 radical (unpaired) electrons. The molecule has 494 valence electrons. The second kappa shape index (κ2) is 62.5. The molecule has 11 nitrogen and oxygen atoms in total. The summed E-state index contributed by atoms with van der Waals surface area (Å²) < 4.78 is 16.7. The number of amides is 1. The van der Waals surface area contributed by atoms with Gasteiger partial charge in [-0.05, 0) is 83.5 Å². The van der Waals surface area contributed by atoms with Crippen molar-refractivity contribution in [2.75, 3.05) is 19.8 Å². The molecule has 84 heavy (non-hydrogen) atoms. The van der Waals surface area contributed by atoms with Gasteiger partial charge in [0, 0.05) is 12.8 Å². The van der Waals surface area contributed by atoms with Crippen LogP contribution in [-0.2, 0) is 23.8 Å². The summed E-state index contributed by atoms with van der Waals surface area (Å²) in [6, 6.07) is -0.807. The van der Waals surface area contributed by atoms with Crippen molar-refractivity contribution < 1.29 is 49.3 Å². The van der Waals surface area contributed by atoms with Gasteiger partial charge >= 0.3 is 5.97 Å². The number of carbonyl (C=O) groups excluding carboxylic acids is 2. The molecule has 1 fully saturated rings. The summed E-state index contributed by atoms with van der Waals surface area (Å²) in [7, 11) is 0. The minimum atomic E-state index is -1.57. The summed E-state index contributed by atoms with van der Waals surface area (Å²) in [6.07, 6.45) is 70.2. The van der Waals surface area contributed by atoms with Crippen molar-refractivity contribution in [2.24, 2.45) is 0 Å². The Hall–Kier alpha value is -2.12. The number of esters is 1. The van der Waals surface area contributed by atoms with Crippen LogP contribution in [0.1, 0.15) is 354 Å². The normalized spacial score (nSPS) is 18.2. The molecule has 0 aromatic heterocycles. The zero-order valence-corrected chi connectivity index (χ0v) is 54.9. The van der Waals surface area contributed by atoms with E-state index in [9.17, 15) is 35.1 Å². The lowest BCUT2D eigenvalue weighted by molar-refractivity contribution is -0.302. The maximum Gasteiger partial charge on any atom is 0.305 e. The molecule has 7 unspecified atom stereocenters. The Morgan fingerprint density at radius 2 is 0.762 bits per heavy atom. The Labute approximate surface area is 517 Å². The van der Waals surface area contributed by atoms with E-state index < -0.39 is 49.5 Å². The zero-order chi connectivity index (χ0) is 60.9. The van der Waals surface area contributed by atoms with Crippen LogP contribution in [0.15, 0.2) is 36.5 Å². The Balaban J connectivity index is 1.90. The minimum Gasteiger partial charge on any atom is -0.466 e. The van der Waals surface area contributed by atoms with Crippen LogP contribution in [0.2, 0.25) is 0 Å². The van der Waals surface area contributed by atoms with E-state index >= 15 is 0 Å². The number of hydrogen-bond acceptors (Lipinski definition) is 10. The topological polar surface area (TPSA) is 175 Å². The van der Waals surface area contributed by atoms with Crippen molar-refractivity contribution >= 4 is 11.9 Å². The van der Waals surface area contributed by atoms with Crippen LogP contribution in [-0.4, -0.2) is 100 Å². The maximum atomic E-state index is 13.0. The number of aliphatic hydroxyl groups is 5. The van der Waals surface area contributed by atoms with Gasteiger partial charge in [0.2, 0.25) is 5.91 Å². The fourth-order valence-electron chi connectivity index (χ4n) is 11.5. The number of hydrogen-bond donors (Lipinski definition) is 6. The third kappa shape index (κ3) is 50.8. The number of unbranched alkanes of at least 4 members (excludes halogenated alkanes) is 46. The average Bonchev–Trinajstić information content (AvgIpc) is 3.64. The first-order chi connectivity index (χ1) is 41.2. The highest BCUT2D eigenvalue weighted by Crippen LogP contribution is 2.23. The first kappa shape index (κ1) is 79.9. The molecule has 0 aromatic carbocycles. The Kier molecular flexibility index (Phi) is 59.4. The van der Waals surface area contributed by atoms with E-state index in [0.717, 1.165) is 57.8 Å². The summed E-state index contributed by atoms with van der Waals surface area (Å²) in [5.41, 5.74) is 0. The van der Waals surface area contributed by atoms with Gasteiger partial charge in [0.05, 0.1) is 32.0 Å². The number of ether oxygens (including phenoxy) is 3. The SMILES string of the molecule is CCCCCCCC/C=C\CCCCCCCCCC(=O)OCCCCCCCCCCCCCC/C=C\CCCCCCCCCCCCCCCCC(=O)NC(COC1OC(CO)C(O)C(O)C1O)C(O)/C=C/CCCCCCCCC. The molecular formula is C73H137NO10. The molecule has 6 N–H and O–H groups in total. The number of nitrogens with one attached hydrogen (secondary N) is 1. The summed E-state index contributed by atoms with van der Waals surface area (Å²) in [5, 5.41) is 54.3. The number of carbonyl (C=O) groups is 2. The maximum absolute atomic E-state index is 13.0. The second-order valence-electron chi connectivity index (χ2n) is 25.3. The lowest BCUT2D eigenvalue weighted by atomic mass is 9.99. The molecule has 11 heteroatoms. The van der Waals surface area contributed by atoms with E-state index in [1.54, 1.807) is 6.08 Å². The molecule has 0 saturated carbocycles. The van der Waals surface area contributed by atoms with Crippen LogP contribution in [0, 0.1) is 0 Å². The Morgan fingerprint density at radius 3 is 1.14 bits per heavy atom. The highest BCUT2D eigenvalue weighted by molar-refractivity contribution is 5.76. The lowest BCUT2D eigenvalue weighted by Gasteiger charge is -2.40. The van der Waals surface area contributed by atoms with E-state index in [2.05, 4.69) is 43.5 Å². The number of aliphatic hydroxyl groups excluding tert-OH is 5. The first-order valence-corrected chi connectivity index (χ1v) is 36.3. The Morgan fingerprint density at radius 1 is 0.429 bits per heavy atom. The fourth-order valence-corrected chi connectivity index (χ4v) is 11.5. The van der Waals surface area contributed by atoms with Crippen molar-refractivity contribution in [2.45, 2.75) is 397 Å². The van der Waals surface area contributed by atoms with Gasteiger partial charge in [0.25, 0.3) is 0 Å². The van der Waals surface area contributed by atoms with Crippen LogP contribution in [0.4, 0.5) is 0 Å². The number of allylic oxidation sites excluding steroid dienone is 5. The van der Waals surface area contributed by atoms with Crippen LogP contribution in [0.3, 0.4) is 0 Å². The highest BCUT2D eigenvalue weighted by atomic mass is 16.7. The lowest BCUT2D eigenvalue weighted by Crippen LogP contribution is -2.60. The van der Waals surface area contributed by atoms with Crippen LogP contribution < -0.4 is 5.32 Å². The van der Waals surface area contributed by atoms with Gasteiger partial charge in [-0.1, -0.05) is 294 Å². The van der Waals surface area contributed by atoms with Crippen molar-refractivity contribution in [3.8, 4) is 0 Å². The monoisotopic (exact) mass is 1190 g/mol. The zero-order valence-electron chi connectivity index (χ0n) is 54.9. The molecule has 1 heterocycles. The van der Waals surface area contributed by atoms with Gasteiger partial charge < -0.3 is 45.1 Å². The summed E-state index contributed by atoms with van der Waals surface area (Å²) in [4.78, 5) is 25.1. The highest BCUT2D eigenvalue weighted by Gasteiger charge is 2.44. The van der Waals surface area contributed by atoms with E-state index in [0.29, 0.717) is 19.4 Å². The van der Waals surface area contributed by atoms with Gasteiger partial charge in [-0.25, -0.2) is 0 Å². The molecule has 0 spiro atoms. The standard InChI is InChI=1S/C73H137NO10/c1-3-5-7-9-11-13-14-15-16-31-35-38-41-45-49-53-57-61-69(78)82-62-58-54-50-46-42-39-36-33-30-28-26-24-22-20-18-17-19-21-23-25-27-29-32-34-37-40-44-48-52-56-60-68(77)74-65(66(76)59-55-51-47-43-12-10-8-6-4-2)64-83-73-72(81)71(80)70(79)67(63-75)84-73/h15-16,18,20,55,59,65-67,70-73,75-76,79-81H,3-14,17,19,21-54,56-58,60-64H2,1-2H3,(H,74,77)/b16-15-,20-18-,59-55+. The van der Waals surface area contributed by atoms with E-state index in [1.165, 1.54) is 270 Å². The van der Waals surface area contributed by atoms with E-state index in [-0.39, 0.29) is 18.5 Å². The van der Waals surface area contributed by atoms with Crippen LogP contribution in [0.5, 0.6) is 0 Å². The largest absolute Gasteiger partial charge is 0.466 e. The first-order valence-electron chi connectivity index (χ1n) is 36.3. The average molecular weight is 1190 g/mol.